The van der Waals surface area contributed by atoms with Crippen molar-refractivity contribution < 1.29 is 23.6 Å². The molecule has 0 bridgehead atoms. The van der Waals surface area contributed by atoms with Crippen LogP contribution in [0.15, 0.2) is 4.52 Å². The highest BCUT2D eigenvalue weighted by Crippen LogP contribution is 2.42. The van der Waals surface area contributed by atoms with Crippen molar-refractivity contribution in [2.75, 3.05) is 19.8 Å². The van der Waals surface area contributed by atoms with E-state index in [0.29, 0.717) is 43.8 Å². The molecule has 6 heteroatoms. The molecule has 0 saturated carbocycles. The minimum Gasteiger partial charge on any atom is -0.461 e. The highest BCUT2D eigenvalue weighted by Gasteiger charge is 2.49. The van der Waals surface area contributed by atoms with Crippen LogP contribution in [-0.2, 0) is 26.1 Å². The lowest BCUT2D eigenvalue weighted by molar-refractivity contribution is -0.135. The number of rotatable bonds is 2. The molecule has 1 aliphatic carbocycles. The van der Waals surface area contributed by atoms with E-state index in [1.54, 1.807) is 6.92 Å². The van der Waals surface area contributed by atoms with E-state index in [-0.39, 0.29) is 18.1 Å². The number of aromatic nitrogens is 1. The number of hydrogen-bond donors (Lipinski definition) is 0. The Morgan fingerprint density at radius 1 is 1.45 bits per heavy atom. The van der Waals surface area contributed by atoms with Crippen molar-refractivity contribution in [1.29, 1.82) is 0 Å². The first-order valence-corrected chi connectivity index (χ1v) is 6.96. The maximum absolute atomic E-state index is 12.4. The lowest BCUT2D eigenvalue weighted by Gasteiger charge is -2.36. The summed E-state index contributed by atoms with van der Waals surface area (Å²) in [6, 6.07) is 0. The zero-order valence-corrected chi connectivity index (χ0v) is 11.4. The summed E-state index contributed by atoms with van der Waals surface area (Å²) >= 11 is 0. The molecule has 3 rings (SSSR count). The van der Waals surface area contributed by atoms with E-state index in [0.717, 1.165) is 6.42 Å². The van der Waals surface area contributed by atoms with Crippen molar-refractivity contribution in [2.45, 2.75) is 38.0 Å². The lowest BCUT2D eigenvalue weighted by atomic mass is 9.69. The summed E-state index contributed by atoms with van der Waals surface area (Å²) in [5.41, 5.74) is 0.177. The van der Waals surface area contributed by atoms with Gasteiger partial charge < -0.3 is 14.0 Å². The van der Waals surface area contributed by atoms with Crippen LogP contribution in [0.25, 0.3) is 0 Å². The average molecular weight is 279 g/mol. The van der Waals surface area contributed by atoms with Crippen LogP contribution in [0.4, 0.5) is 0 Å². The van der Waals surface area contributed by atoms with Crippen molar-refractivity contribution in [3.05, 3.63) is 17.0 Å². The highest BCUT2D eigenvalue weighted by molar-refractivity contribution is 5.93. The minimum absolute atomic E-state index is 0.122. The molecule has 1 spiro atoms. The van der Waals surface area contributed by atoms with E-state index < -0.39 is 11.4 Å². The van der Waals surface area contributed by atoms with Gasteiger partial charge in [-0.1, -0.05) is 5.16 Å². The summed E-state index contributed by atoms with van der Waals surface area (Å²) in [6.45, 7) is 2.79. The van der Waals surface area contributed by atoms with Crippen LogP contribution < -0.4 is 0 Å². The third-order valence-corrected chi connectivity index (χ3v) is 4.08. The maximum atomic E-state index is 12.4. The van der Waals surface area contributed by atoms with Gasteiger partial charge in [0.1, 0.15) is 5.41 Å². The molecule has 1 aliphatic heterocycles. The second-order valence-electron chi connectivity index (χ2n) is 5.22. The van der Waals surface area contributed by atoms with Gasteiger partial charge in [-0.25, -0.2) is 4.79 Å². The van der Waals surface area contributed by atoms with Crippen LogP contribution in [0.2, 0.25) is 0 Å². The Bertz CT molecular complexity index is 550. The minimum atomic E-state index is -0.746. The van der Waals surface area contributed by atoms with E-state index >= 15 is 0 Å². The van der Waals surface area contributed by atoms with Crippen molar-refractivity contribution in [3.63, 3.8) is 0 Å². The van der Waals surface area contributed by atoms with Gasteiger partial charge >= 0.3 is 5.97 Å². The zero-order chi connectivity index (χ0) is 14.2. The predicted octanol–water partition coefficient (Wildman–Crippen LogP) is 1.41. The van der Waals surface area contributed by atoms with Crippen molar-refractivity contribution in [3.8, 4) is 0 Å². The Kier molecular flexibility index (Phi) is 3.33. The SMILES string of the molecule is CCOC(=O)c1noc2c1CCC[C@@]21COCCC1=O. The molecule has 1 atom stereocenters. The van der Waals surface area contributed by atoms with Crippen LogP contribution in [0.3, 0.4) is 0 Å². The fraction of sp³-hybridized carbons (Fsp3) is 0.643. The first-order chi connectivity index (χ1) is 9.69. The van der Waals surface area contributed by atoms with Crippen LogP contribution in [0, 0.1) is 0 Å². The molecule has 0 unspecified atom stereocenters. The number of fused-ring (bicyclic) bond motifs is 2. The zero-order valence-electron chi connectivity index (χ0n) is 11.4. The third-order valence-electron chi connectivity index (χ3n) is 4.08. The predicted molar refractivity (Wildman–Crippen MR) is 67.5 cm³/mol. The third kappa shape index (κ3) is 1.86. The van der Waals surface area contributed by atoms with Crippen molar-refractivity contribution >= 4 is 11.8 Å². The standard InChI is InChI=1S/C14H17NO5/c1-2-19-13(17)11-9-4-3-6-14(12(9)20-15-11)8-18-7-5-10(14)16/h2-8H2,1H3/t14-/m0/s1. The molecule has 108 valence electrons. The van der Waals surface area contributed by atoms with Crippen molar-refractivity contribution in [2.24, 2.45) is 0 Å². The number of ether oxygens (including phenoxy) is 2. The number of ketones is 1. The van der Waals surface area contributed by atoms with Gasteiger partial charge in [-0.3, -0.25) is 4.79 Å². The number of carbonyl (C=O) groups excluding carboxylic acids is 2. The second-order valence-corrected chi connectivity index (χ2v) is 5.22. The van der Waals surface area contributed by atoms with E-state index in [1.807, 2.05) is 0 Å². The Labute approximate surface area is 116 Å². The van der Waals surface area contributed by atoms with Crippen LogP contribution in [-0.4, -0.2) is 36.7 Å². The number of Topliss-reactive ketones (excluding diaryl/α,β-unsaturated/α-hetero) is 1. The summed E-state index contributed by atoms with van der Waals surface area (Å²) in [5, 5.41) is 3.84. The maximum Gasteiger partial charge on any atom is 0.360 e. The van der Waals surface area contributed by atoms with Gasteiger partial charge in [0, 0.05) is 12.0 Å². The van der Waals surface area contributed by atoms with Gasteiger partial charge in [0.25, 0.3) is 0 Å². The molecule has 1 aromatic heterocycles. The molecule has 2 aliphatic rings. The van der Waals surface area contributed by atoms with E-state index in [1.165, 1.54) is 0 Å². The van der Waals surface area contributed by atoms with Gasteiger partial charge in [-0.2, -0.15) is 0 Å². The van der Waals surface area contributed by atoms with Gasteiger partial charge in [0.05, 0.1) is 19.8 Å². The van der Waals surface area contributed by atoms with Crippen LogP contribution in [0.5, 0.6) is 0 Å². The quantitative estimate of drug-likeness (QED) is 0.762. The van der Waals surface area contributed by atoms with Gasteiger partial charge in [0.15, 0.2) is 17.2 Å². The Morgan fingerprint density at radius 2 is 2.30 bits per heavy atom. The summed E-state index contributed by atoms with van der Waals surface area (Å²) in [7, 11) is 0. The largest absolute Gasteiger partial charge is 0.461 e. The first kappa shape index (κ1) is 13.3. The average Bonchev–Trinajstić information content (AvgIpc) is 2.88. The molecule has 0 radical (unpaired) electrons. The van der Waals surface area contributed by atoms with Crippen LogP contribution >= 0.6 is 0 Å². The molecule has 6 nitrogen and oxygen atoms in total. The molecular weight excluding hydrogens is 262 g/mol. The first-order valence-electron chi connectivity index (χ1n) is 6.96. The highest BCUT2D eigenvalue weighted by atomic mass is 16.5. The normalized spacial score (nSPS) is 25.6. The monoisotopic (exact) mass is 279 g/mol. The molecule has 20 heavy (non-hydrogen) atoms. The van der Waals surface area contributed by atoms with Crippen molar-refractivity contribution in [1.82, 2.24) is 5.16 Å². The fourth-order valence-electron chi connectivity index (χ4n) is 3.09. The van der Waals surface area contributed by atoms with Gasteiger partial charge in [-0.15, -0.1) is 0 Å². The Hall–Kier alpha value is -1.69. The van der Waals surface area contributed by atoms with Gasteiger partial charge in [-0.05, 0) is 26.2 Å². The summed E-state index contributed by atoms with van der Waals surface area (Å²) in [6.07, 6.45) is 2.57. The molecule has 1 fully saturated rings. The molecule has 1 saturated heterocycles. The Balaban J connectivity index is 2.02. The summed E-state index contributed by atoms with van der Waals surface area (Å²) < 4.78 is 15.8. The second kappa shape index (κ2) is 5.01. The Morgan fingerprint density at radius 3 is 3.05 bits per heavy atom. The van der Waals surface area contributed by atoms with E-state index in [9.17, 15) is 9.59 Å². The van der Waals surface area contributed by atoms with Gasteiger partial charge in [0.2, 0.25) is 0 Å². The van der Waals surface area contributed by atoms with E-state index in [4.69, 9.17) is 14.0 Å². The number of hydrogen-bond acceptors (Lipinski definition) is 6. The summed E-state index contributed by atoms with van der Waals surface area (Å²) in [5.74, 6) is 0.145. The molecule has 0 amide bonds. The topological polar surface area (TPSA) is 78.6 Å². The number of esters is 1. The molecule has 0 aromatic carbocycles. The fourth-order valence-corrected chi connectivity index (χ4v) is 3.09. The molecule has 1 aromatic rings. The number of nitrogens with zero attached hydrogens (tertiary/aromatic N) is 1. The smallest absolute Gasteiger partial charge is 0.360 e. The van der Waals surface area contributed by atoms with E-state index in [2.05, 4.69) is 5.16 Å². The summed E-state index contributed by atoms with van der Waals surface area (Å²) in [4.78, 5) is 24.2. The van der Waals surface area contributed by atoms with Crippen LogP contribution in [0.1, 0.15) is 48.0 Å². The molecular formula is C14H17NO5. The number of carbonyl (C=O) groups is 2. The molecule has 0 N–H and O–H groups in total. The lowest BCUT2D eigenvalue weighted by Crippen LogP contribution is -2.46. The molecule has 2 heterocycles.